The van der Waals surface area contributed by atoms with Crippen LogP contribution in [0.4, 0.5) is 0 Å². The Hall–Kier alpha value is -1.88. The van der Waals surface area contributed by atoms with Crippen molar-refractivity contribution in [1.29, 1.82) is 0 Å². The normalized spacial score (nSPS) is 14.0. The Kier molecular flexibility index (Phi) is 5.33. The highest BCUT2D eigenvalue weighted by atomic mass is 32.2. The quantitative estimate of drug-likeness (QED) is 0.908. The number of ether oxygens (including phenoxy) is 2. The van der Waals surface area contributed by atoms with Crippen molar-refractivity contribution in [2.24, 2.45) is 0 Å². The van der Waals surface area contributed by atoms with Crippen LogP contribution in [0.15, 0.2) is 40.8 Å². The van der Waals surface area contributed by atoms with Crippen molar-refractivity contribution in [3.05, 3.63) is 46.4 Å². The summed E-state index contributed by atoms with van der Waals surface area (Å²) >= 11 is 1.56. The van der Waals surface area contributed by atoms with E-state index in [0.29, 0.717) is 12.3 Å². The summed E-state index contributed by atoms with van der Waals surface area (Å²) in [5.41, 5.74) is 1.92. The number of hydrogen-bond acceptors (Lipinski definition) is 4. The number of rotatable bonds is 5. The minimum absolute atomic E-state index is 0.0419. The van der Waals surface area contributed by atoms with Gasteiger partial charge in [-0.2, -0.15) is 0 Å². The Morgan fingerprint density at radius 3 is 2.81 bits per heavy atom. The monoisotopic (exact) mass is 305 g/mol. The van der Waals surface area contributed by atoms with Gasteiger partial charge in [-0.25, -0.2) is 0 Å². The zero-order valence-corrected chi connectivity index (χ0v) is 13.3. The van der Waals surface area contributed by atoms with Crippen molar-refractivity contribution in [3.63, 3.8) is 0 Å². The van der Waals surface area contributed by atoms with Gasteiger partial charge < -0.3 is 14.8 Å². The molecular formula is C16H19NO3S. The Balaban J connectivity index is 2.06. The van der Waals surface area contributed by atoms with E-state index in [0.717, 1.165) is 27.5 Å². The topological polar surface area (TPSA) is 47.6 Å². The number of hydrogen-bond donors (Lipinski definition) is 1. The van der Waals surface area contributed by atoms with Gasteiger partial charge in [0.1, 0.15) is 11.5 Å². The van der Waals surface area contributed by atoms with E-state index in [9.17, 15) is 4.79 Å². The van der Waals surface area contributed by atoms with E-state index in [1.54, 1.807) is 26.0 Å². The van der Waals surface area contributed by atoms with Crippen LogP contribution < -0.4 is 14.8 Å². The molecule has 0 fully saturated rings. The first-order valence-electron chi connectivity index (χ1n) is 6.65. The molecule has 0 bridgehead atoms. The fourth-order valence-electron chi connectivity index (χ4n) is 2.04. The van der Waals surface area contributed by atoms with Crippen molar-refractivity contribution in [2.75, 3.05) is 20.0 Å². The van der Waals surface area contributed by atoms with Crippen molar-refractivity contribution in [3.8, 4) is 11.5 Å². The van der Waals surface area contributed by atoms with Gasteiger partial charge in [-0.3, -0.25) is 4.79 Å². The minimum atomic E-state index is -0.0419. The van der Waals surface area contributed by atoms with Crippen LogP contribution in [0.3, 0.4) is 0 Å². The molecule has 0 unspecified atom stereocenters. The van der Waals surface area contributed by atoms with Crippen molar-refractivity contribution < 1.29 is 14.3 Å². The molecule has 4 nitrogen and oxygen atoms in total. The third kappa shape index (κ3) is 3.82. The molecule has 1 aromatic carbocycles. The second-order valence-electron chi connectivity index (χ2n) is 4.59. The van der Waals surface area contributed by atoms with E-state index in [1.807, 2.05) is 31.2 Å². The van der Waals surface area contributed by atoms with Gasteiger partial charge in [-0.05, 0) is 24.6 Å². The second kappa shape index (κ2) is 7.22. The van der Waals surface area contributed by atoms with Gasteiger partial charge in [-0.15, -0.1) is 11.8 Å². The molecule has 5 heteroatoms. The molecule has 1 aliphatic rings. The van der Waals surface area contributed by atoms with Gasteiger partial charge in [0.25, 0.3) is 5.91 Å². The molecule has 1 aromatic rings. The van der Waals surface area contributed by atoms with Crippen LogP contribution in [-0.2, 0) is 11.3 Å². The lowest BCUT2D eigenvalue weighted by molar-refractivity contribution is -0.117. The van der Waals surface area contributed by atoms with E-state index in [2.05, 4.69) is 11.4 Å². The number of carbonyl (C=O) groups is 1. The molecule has 0 aromatic heterocycles. The van der Waals surface area contributed by atoms with Crippen LogP contribution in [0.1, 0.15) is 12.5 Å². The fourth-order valence-corrected chi connectivity index (χ4v) is 2.90. The smallest absolute Gasteiger partial charge is 0.258 e. The Labute approximate surface area is 129 Å². The maximum Gasteiger partial charge on any atom is 0.258 e. The summed E-state index contributed by atoms with van der Waals surface area (Å²) in [6, 6.07) is 5.56. The SMILES string of the molecule is COc1ccc(CNC(=O)C2=C(C)C=CCS2)c(OC)c1. The standard InChI is InChI=1S/C16H19NO3S/c1-11-5-4-8-21-15(11)16(18)17-10-12-6-7-13(19-2)9-14(12)20-3/h4-7,9H,8,10H2,1-3H3,(H,17,18). The Morgan fingerprint density at radius 2 is 2.14 bits per heavy atom. The summed E-state index contributed by atoms with van der Waals surface area (Å²) in [6.07, 6.45) is 4.04. The summed E-state index contributed by atoms with van der Waals surface area (Å²) in [4.78, 5) is 13.0. The van der Waals surface area contributed by atoms with Crippen LogP contribution in [0.2, 0.25) is 0 Å². The lowest BCUT2D eigenvalue weighted by Crippen LogP contribution is -2.25. The summed E-state index contributed by atoms with van der Waals surface area (Å²) in [5, 5.41) is 2.94. The maximum absolute atomic E-state index is 12.2. The highest BCUT2D eigenvalue weighted by molar-refractivity contribution is 8.04. The van der Waals surface area contributed by atoms with Gasteiger partial charge in [0.05, 0.1) is 19.1 Å². The van der Waals surface area contributed by atoms with Crippen LogP contribution in [0.5, 0.6) is 11.5 Å². The number of benzene rings is 1. The zero-order valence-electron chi connectivity index (χ0n) is 12.4. The molecule has 0 saturated carbocycles. The third-order valence-corrected chi connectivity index (χ3v) is 4.34. The summed E-state index contributed by atoms with van der Waals surface area (Å²) in [6.45, 7) is 2.37. The number of carbonyl (C=O) groups excluding carboxylic acids is 1. The fraction of sp³-hybridized carbons (Fsp3) is 0.312. The minimum Gasteiger partial charge on any atom is -0.497 e. The molecule has 1 heterocycles. The van der Waals surface area contributed by atoms with Crippen molar-refractivity contribution in [2.45, 2.75) is 13.5 Å². The van der Waals surface area contributed by atoms with E-state index in [1.165, 1.54) is 0 Å². The highest BCUT2D eigenvalue weighted by Crippen LogP contribution is 2.27. The van der Waals surface area contributed by atoms with Gasteiger partial charge in [0.2, 0.25) is 0 Å². The molecule has 2 rings (SSSR count). The predicted molar refractivity (Wildman–Crippen MR) is 85.7 cm³/mol. The molecular weight excluding hydrogens is 286 g/mol. The predicted octanol–water partition coefficient (Wildman–Crippen LogP) is 2.90. The Morgan fingerprint density at radius 1 is 1.33 bits per heavy atom. The zero-order chi connectivity index (χ0) is 15.2. The molecule has 1 N–H and O–H groups in total. The first-order valence-corrected chi connectivity index (χ1v) is 7.63. The number of methoxy groups -OCH3 is 2. The summed E-state index contributed by atoms with van der Waals surface area (Å²) < 4.78 is 10.5. The molecule has 1 aliphatic heterocycles. The molecule has 0 aliphatic carbocycles. The van der Waals surface area contributed by atoms with Crippen LogP contribution in [0, 0.1) is 0 Å². The van der Waals surface area contributed by atoms with E-state index in [-0.39, 0.29) is 5.91 Å². The Bertz CT molecular complexity index is 593. The third-order valence-electron chi connectivity index (χ3n) is 3.19. The van der Waals surface area contributed by atoms with Gasteiger partial charge >= 0.3 is 0 Å². The van der Waals surface area contributed by atoms with Gasteiger partial charge in [0.15, 0.2) is 0 Å². The first-order chi connectivity index (χ1) is 10.2. The summed E-state index contributed by atoms with van der Waals surface area (Å²) in [5.74, 6) is 2.23. The summed E-state index contributed by atoms with van der Waals surface area (Å²) in [7, 11) is 3.22. The number of allylic oxidation sites excluding steroid dienone is 2. The molecule has 0 radical (unpaired) electrons. The maximum atomic E-state index is 12.2. The van der Waals surface area contributed by atoms with E-state index in [4.69, 9.17) is 9.47 Å². The van der Waals surface area contributed by atoms with E-state index >= 15 is 0 Å². The highest BCUT2D eigenvalue weighted by Gasteiger charge is 2.15. The number of nitrogens with one attached hydrogen (secondary N) is 1. The van der Waals surface area contributed by atoms with Crippen molar-refractivity contribution >= 4 is 17.7 Å². The molecule has 0 atom stereocenters. The lowest BCUT2D eigenvalue weighted by atomic mass is 10.2. The van der Waals surface area contributed by atoms with Crippen molar-refractivity contribution in [1.82, 2.24) is 5.32 Å². The average Bonchev–Trinajstić information content (AvgIpc) is 2.52. The van der Waals surface area contributed by atoms with Gasteiger partial charge in [-0.1, -0.05) is 12.2 Å². The average molecular weight is 305 g/mol. The number of amides is 1. The second-order valence-corrected chi connectivity index (χ2v) is 5.62. The van der Waals surface area contributed by atoms with E-state index < -0.39 is 0 Å². The molecule has 1 amide bonds. The van der Waals surface area contributed by atoms with Crippen LogP contribution >= 0.6 is 11.8 Å². The largest absolute Gasteiger partial charge is 0.497 e. The molecule has 112 valence electrons. The molecule has 0 saturated heterocycles. The first kappa shape index (κ1) is 15.5. The lowest BCUT2D eigenvalue weighted by Gasteiger charge is -2.14. The molecule has 0 spiro atoms. The van der Waals surface area contributed by atoms with Crippen LogP contribution in [0.25, 0.3) is 0 Å². The van der Waals surface area contributed by atoms with Crippen LogP contribution in [-0.4, -0.2) is 25.9 Å². The molecule has 21 heavy (non-hydrogen) atoms. The van der Waals surface area contributed by atoms with Gasteiger partial charge in [0, 0.05) is 23.9 Å². The number of thioether (sulfide) groups is 1.